The molecule has 1 saturated heterocycles. The molecular formula is C20H28O4. The molecule has 1 heterocycles. The standard InChI is InChI=1S/C20H28O4/c1-2-3-4-5-6-7-9-15-12-13-17(21)16(15)14-19-18(24-19)10-8-11-20(22)23/h6-7,12-15,18-19H,2-5,8-11H2,1H3,(H,22,23)/b7-6+,16-14-/t15-,18+,19-/m0/s1. The van der Waals surface area contributed by atoms with Crippen molar-refractivity contribution in [2.45, 2.75) is 70.5 Å². The molecule has 0 radical (unpaired) electrons. The monoisotopic (exact) mass is 332 g/mol. The van der Waals surface area contributed by atoms with Gasteiger partial charge in [0.2, 0.25) is 0 Å². The lowest BCUT2D eigenvalue weighted by atomic mass is 9.96. The summed E-state index contributed by atoms with van der Waals surface area (Å²) in [5.41, 5.74) is 0.832. The summed E-state index contributed by atoms with van der Waals surface area (Å²) in [6, 6.07) is 0. The SMILES string of the molecule is CCCCC/C=C/C[C@H]1C=CC(=O)/C1=C\[C@@H]1O[C@@H]1CCCC(=O)O. The molecule has 0 unspecified atom stereocenters. The highest BCUT2D eigenvalue weighted by molar-refractivity contribution is 6.07. The molecule has 0 spiro atoms. The van der Waals surface area contributed by atoms with Crippen molar-refractivity contribution in [3.8, 4) is 0 Å². The lowest BCUT2D eigenvalue weighted by Crippen LogP contribution is -2.05. The maximum atomic E-state index is 12.0. The molecule has 0 aromatic rings. The Morgan fingerprint density at radius 1 is 1.29 bits per heavy atom. The van der Waals surface area contributed by atoms with Crippen molar-refractivity contribution in [1.29, 1.82) is 0 Å². The molecule has 2 rings (SSSR count). The molecule has 1 aliphatic heterocycles. The molecule has 0 bridgehead atoms. The molecule has 1 aliphatic carbocycles. The van der Waals surface area contributed by atoms with E-state index in [2.05, 4.69) is 19.1 Å². The van der Waals surface area contributed by atoms with Crippen molar-refractivity contribution >= 4 is 11.8 Å². The highest BCUT2D eigenvalue weighted by atomic mass is 16.6. The molecule has 132 valence electrons. The van der Waals surface area contributed by atoms with Crippen LogP contribution in [0.25, 0.3) is 0 Å². The summed E-state index contributed by atoms with van der Waals surface area (Å²) in [4.78, 5) is 22.5. The zero-order chi connectivity index (χ0) is 17.4. The van der Waals surface area contributed by atoms with Crippen LogP contribution in [-0.2, 0) is 14.3 Å². The minimum Gasteiger partial charge on any atom is -0.481 e. The number of unbranched alkanes of at least 4 members (excludes halogenated alkanes) is 3. The highest BCUT2D eigenvalue weighted by Crippen LogP contribution is 2.33. The average Bonchev–Trinajstić information content (AvgIpc) is 3.19. The zero-order valence-electron chi connectivity index (χ0n) is 14.4. The third kappa shape index (κ3) is 6.08. The number of carbonyl (C=O) groups excluding carboxylic acids is 1. The van der Waals surface area contributed by atoms with Gasteiger partial charge in [0.25, 0.3) is 0 Å². The minimum atomic E-state index is -0.772. The first-order valence-electron chi connectivity index (χ1n) is 9.08. The Hall–Kier alpha value is -1.68. The molecule has 24 heavy (non-hydrogen) atoms. The fraction of sp³-hybridized carbons (Fsp3) is 0.600. The normalized spacial score (nSPS) is 27.5. The highest BCUT2D eigenvalue weighted by Gasteiger charge is 2.38. The number of allylic oxidation sites excluding steroid dienone is 5. The van der Waals surface area contributed by atoms with Gasteiger partial charge in [-0.1, -0.05) is 38.0 Å². The molecule has 2 aliphatic rings. The van der Waals surface area contributed by atoms with Crippen LogP contribution in [-0.4, -0.2) is 29.1 Å². The van der Waals surface area contributed by atoms with Gasteiger partial charge in [0.05, 0.1) is 6.10 Å². The Bertz CT molecular complexity index is 530. The summed E-state index contributed by atoms with van der Waals surface area (Å²) in [6.07, 6.45) is 17.3. The summed E-state index contributed by atoms with van der Waals surface area (Å²) < 4.78 is 5.56. The van der Waals surface area contributed by atoms with E-state index in [0.29, 0.717) is 6.42 Å². The van der Waals surface area contributed by atoms with Crippen LogP contribution in [0, 0.1) is 5.92 Å². The second-order valence-electron chi connectivity index (χ2n) is 6.58. The second-order valence-corrected chi connectivity index (χ2v) is 6.58. The summed E-state index contributed by atoms with van der Waals surface area (Å²) in [5.74, 6) is -0.533. The van der Waals surface area contributed by atoms with Gasteiger partial charge >= 0.3 is 5.97 Å². The number of carbonyl (C=O) groups is 2. The first-order valence-corrected chi connectivity index (χ1v) is 9.08. The molecule has 3 atom stereocenters. The number of carboxylic acids is 1. The van der Waals surface area contributed by atoms with Gasteiger partial charge in [-0.05, 0) is 44.3 Å². The maximum absolute atomic E-state index is 12.0. The minimum absolute atomic E-state index is 0.0197. The van der Waals surface area contributed by atoms with Gasteiger partial charge in [-0.15, -0.1) is 0 Å². The quantitative estimate of drug-likeness (QED) is 0.266. The predicted molar refractivity (Wildman–Crippen MR) is 93.8 cm³/mol. The Labute approximate surface area is 144 Å². The maximum Gasteiger partial charge on any atom is 0.303 e. The zero-order valence-corrected chi connectivity index (χ0v) is 14.4. The molecule has 1 N–H and O–H groups in total. The largest absolute Gasteiger partial charge is 0.481 e. The van der Waals surface area contributed by atoms with Crippen LogP contribution in [0.3, 0.4) is 0 Å². The Morgan fingerprint density at radius 3 is 2.88 bits per heavy atom. The van der Waals surface area contributed by atoms with Gasteiger partial charge in [0.15, 0.2) is 5.78 Å². The smallest absolute Gasteiger partial charge is 0.303 e. The molecule has 0 amide bonds. The third-order valence-electron chi connectivity index (χ3n) is 4.54. The van der Waals surface area contributed by atoms with E-state index in [1.54, 1.807) is 6.08 Å². The van der Waals surface area contributed by atoms with E-state index in [-0.39, 0.29) is 30.3 Å². The Balaban J connectivity index is 1.76. The van der Waals surface area contributed by atoms with E-state index in [9.17, 15) is 9.59 Å². The lowest BCUT2D eigenvalue weighted by Gasteiger charge is -2.06. The summed E-state index contributed by atoms with van der Waals surface area (Å²) >= 11 is 0. The fourth-order valence-electron chi connectivity index (χ4n) is 3.04. The van der Waals surface area contributed by atoms with Crippen LogP contribution in [0.5, 0.6) is 0 Å². The summed E-state index contributed by atoms with van der Waals surface area (Å²) in [6.45, 7) is 2.20. The van der Waals surface area contributed by atoms with Crippen LogP contribution in [0.2, 0.25) is 0 Å². The van der Waals surface area contributed by atoms with E-state index >= 15 is 0 Å². The first kappa shape index (κ1) is 18.7. The first-order chi connectivity index (χ1) is 11.6. The fourth-order valence-corrected chi connectivity index (χ4v) is 3.04. The number of epoxide rings is 1. The van der Waals surface area contributed by atoms with Crippen molar-refractivity contribution in [3.05, 3.63) is 36.0 Å². The number of hydrogen-bond acceptors (Lipinski definition) is 3. The number of carboxylic acid groups (broad SMARTS) is 1. The summed E-state index contributed by atoms with van der Waals surface area (Å²) in [7, 11) is 0. The van der Waals surface area contributed by atoms with Gasteiger partial charge in [-0.25, -0.2) is 0 Å². The van der Waals surface area contributed by atoms with Crippen molar-refractivity contribution in [2.75, 3.05) is 0 Å². The predicted octanol–water partition coefficient (Wildman–Crippen LogP) is 4.22. The molecule has 4 heteroatoms. The molecule has 4 nitrogen and oxygen atoms in total. The number of ether oxygens (including phenoxy) is 1. The van der Waals surface area contributed by atoms with E-state index in [1.807, 2.05) is 12.2 Å². The van der Waals surface area contributed by atoms with Gasteiger partial charge in [0.1, 0.15) is 6.10 Å². The number of hydrogen-bond donors (Lipinski definition) is 1. The van der Waals surface area contributed by atoms with Crippen LogP contribution in [0.15, 0.2) is 36.0 Å². The summed E-state index contributed by atoms with van der Waals surface area (Å²) in [5, 5.41) is 8.65. The van der Waals surface area contributed by atoms with Crippen molar-refractivity contribution < 1.29 is 19.4 Å². The van der Waals surface area contributed by atoms with Gasteiger partial charge in [0, 0.05) is 17.9 Å². The molecule has 0 aromatic heterocycles. The van der Waals surface area contributed by atoms with Crippen LogP contribution >= 0.6 is 0 Å². The lowest BCUT2D eigenvalue weighted by molar-refractivity contribution is -0.137. The Morgan fingerprint density at radius 2 is 2.12 bits per heavy atom. The number of aliphatic carboxylic acids is 1. The van der Waals surface area contributed by atoms with Crippen molar-refractivity contribution in [3.63, 3.8) is 0 Å². The van der Waals surface area contributed by atoms with Crippen molar-refractivity contribution in [1.82, 2.24) is 0 Å². The third-order valence-corrected chi connectivity index (χ3v) is 4.54. The van der Waals surface area contributed by atoms with Crippen LogP contribution in [0.4, 0.5) is 0 Å². The van der Waals surface area contributed by atoms with Crippen LogP contribution in [0.1, 0.15) is 58.3 Å². The number of ketones is 1. The Kier molecular flexibility index (Phi) is 7.44. The van der Waals surface area contributed by atoms with Crippen molar-refractivity contribution in [2.24, 2.45) is 5.92 Å². The molecule has 0 aromatic carbocycles. The van der Waals surface area contributed by atoms with E-state index < -0.39 is 5.97 Å². The van der Waals surface area contributed by atoms with Gasteiger partial charge < -0.3 is 9.84 Å². The van der Waals surface area contributed by atoms with E-state index in [4.69, 9.17) is 9.84 Å². The molecular weight excluding hydrogens is 304 g/mol. The van der Waals surface area contributed by atoms with E-state index in [1.165, 1.54) is 19.3 Å². The van der Waals surface area contributed by atoms with Crippen LogP contribution < -0.4 is 0 Å². The average molecular weight is 332 g/mol. The molecule has 1 fully saturated rings. The number of rotatable bonds is 11. The second kappa shape index (κ2) is 9.58. The topological polar surface area (TPSA) is 66.9 Å². The van der Waals surface area contributed by atoms with Gasteiger partial charge in [-0.2, -0.15) is 0 Å². The molecule has 0 saturated carbocycles. The van der Waals surface area contributed by atoms with Gasteiger partial charge in [-0.3, -0.25) is 9.59 Å². The van der Waals surface area contributed by atoms with E-state index in [0.717, 1.165) is 24.8 Å².